The van der Waals surface area contributed by atoms with Crippen LogP contribution in [-0.4, -0.2) is 78.1 Å². The summed E-state index contributed by atoms with van der Waals surface area (Å²) in [5.74, 6) is 0.467. The minimum atomic E-state index is -0.919. The number of morpholine rings is 1. The van der Waals surface area contributed by atoms with Gasteiger partial charge in [0.25, 0.3) is 0 Å². The molecule has 1 saturated heterocycles. The summed E-state index contributed by atoms with van der Waals surface area (Å²) in [4.78, 5) is 14.8. The maximum atomic E-state index is 12.5. The van der Waals surface area contributed by atoms with Crippen LogP contribution in [0.4, 0.5) is 0 Å². The molecular weight excluding hydrogens is 450 g/mol. The van der Waals surface area contributed by atoms with Gasteiger partial charge in [0, 0.05) is 25.2 Å². The smallest absolute Gasteiger partial charge is 0.345 e. The van der Waals surface area contributed by atoms with Crippen molar-refractivity contribution in [3.05, 3.63) is 60.3 Å². The summed E-state index contributed by atoms with van der Waals surface area (Å²) in [7, 11) is 0. The third-order valence-corrected chi connectivity index (χ3v) is 5.58. The summed E-state index contributed by atoms with van der Waals surface area (Å²) in [6, 6.07) is 15.2. The zero-order chi connectivity index (χ0) is 24.6. The van der Waals surface area contributed by atoms with E-state index in [1.165, 1.54) is 6.20 Å². The molecule has 0 saturated carbocycles. The van der Waals surface area contributed by atoms with Gasteiger partial charge in [0.05, 0.1) is 31.7 Å². The second-order valence-corrected chi connectivity index (χ2v) is 8.06. The van der Waals surface area contributed by atoms with Gasteiger partial charge in [-0.1, -0.05) is 30.3 Å². The molecule has 1 aliphatic rings. The van der Waals surface area contributed by atoms with E-state index in [1.54, 1.807) is 18.5 Å². The van der Waals surface area contributed by atoms with Crippen LogP contribution >= 0.6 is 0 Å². The number of hydrogen-bond donors (Lipinski definition) is 1. The molecule has 0 bridgehead atoms. The van der Waals surface area contributed by atoms with Crippen molar-refractivity contribution in [1.29, 1.82) is 0 Å². The van der Waals surface area contributed by atoms with Crippen molar-refractivity contribution >= 4 is 5.97 Å². The van der Waals surface area contributed by atoms with E-state index in [9.17, 15) is 9.90 Å². The summed E-state index contributed by atoms with van der Waals surface area (Å²) >= 11 is 0. The Bertz CT molecular complexity index is 1110. The highest BCUT2D eigenvalue weighted by Crippen LogP contribution is 2.32. The Labute approximate surface area is 204 Å². The van der Waals surface area contributed by atoms with Crippen molar-refractivity contribution in [2.75, 3.05) is 46.1 Å². The SMILES string of the molecule is CCOC(=O)c1cnn(-c2ccc(-c3ccccc3OC(C)O)cc2)c1OCCN1CCOCC1. The van der Waals surface area contributed by atoms with Crippen LogP contribution in [0.25, 0.3) is 16.8 Å². The van der Waals surface area contributed by atoms with E-state index in [0.29, 0.717) is 31.5 Å². The van der Waals surface area contributed by atoms with E-state index in [-0.39, 0.29) is 12.2 Å². The Morgan fingerprint density at radius 2 is 1.89 bits per heavy atom. The maximum Gasteiger partial charge on any atom is 0.345 e. The van der Waals surface area contributed by atoms with Gasteiger partial charge in [-0.15, -0.1) is 0 Å². The topological polar surface area (TPSA) is 95.3 Å². The van der Waals surface area contributed by atoms with Crippen LogP contribution in [0.3, 0.4) is 0 Å². The average Bonchev–Trinajstić information content (AvgIpc) is 3.29. The minimum Gasteiger partial charge on any atom is -0.476 e. The number of carbonyl (C=O) groups is 1. The molecule has 3 aromatic rings. The lowest BCUT2D eigenvalue weighted by Crippen LogP contribution is -2.38. The van der Waals surface area contributed by atoms with Gasteiger partial charge < -0.3 is 24.1 Å². The molecule has 9 nitrogen and oxygen atoms in total. The molecule has 4 rings (SSSR count). The van der Waals surface area contributed by atoms with Crippen LogP contribution < -0.4 is 9.47 Å². The zero-order valence-corrected chi connectivity index (χ0v) is 20.1. The second kappa shape index (κ2) is 11.8. The number of esters is 1. The molecule has 186 valence electrons. The molecule has 9 heteroatoms. The second-order valence-electron chi connectivity index (χ2n) is 8.06. The summed E-state index contributed by atoms with van der Waals surface area (Å²) < 4.78 is 23.8. The number of rotatable bonds is 10. The first-order valence-electron chi connectivity index (χ1n) is 11.8. The van der Waals surface area contributed by atoms with Crippen molar-refractivity contribution in [3.63, 3.8) is 0 Å². The molecule has 1 fully saturated rings. The minimum absolute atomic E-state index is 0.264. The highest BCUT2D eigenvalue weighted by atomic mass is 16.6. The zero-order valence-electron chi connectivity index (χ0n) is 20.1. The molecule has 0 aliphatic carbocycles. The van der Waals surface area contributed by atoms with Crippen LogP contribution in [0.2, 0.25) is 0 Å². The number of aliphatic hydroxyl groups excluding tert-OH is 1. The van der Waals surface area contributed by atoms with Crippen molar-refractivity contribution in [2.45, 2.75) is 20.1 Å². The van der Waals surface area contributed by atoms with Crippen LogP contribution in [-0.2, 0) is 9.47 Å². The van der Waals surface area contributed by atoms with E-state index in [1.807, 2.05) is 48.5 Å². The summed E-state index contributed by atoms with van der Waals surface area (Å²) in [5.41, 5.74) is 2.79. The van der Waals surface area contributed by atoms with Gasteiger partial charge in [0.15, 0.2) is 6.29 Å². The molecule has 1 aliphatic heterocycles. The standard InChI is InChI=1S/C26H31N3O6/c1-3-33-26(31)23-18-27-29(25(23)34-17-14-28-12-15-32-16-13-28)21-10-8-20(9-11-21)22-6-4-5-7-24(22)35-19(2)30/h4-11,18-19,30H,3,12-17H2,1-2H3. The third-order valence-electron chi connectivity index (χ3n) is 5.58. The molecule has 1 N–H and O–H groups in total. The Morgan fingerprint density at radius 1 is 1.14 bits per heavy atom. The Balaban J connectivity index is 1.57. The van der Waals surface area contributed by atoms with Crippen molar-refractivity contribution in [3.8, 4) is 28.4 Å². The van der Waals surface area contributed by atoms with Gasteiger partial charge in [-0.2, -0.15) is 5.10 Å². The fraction of sp³-hybridized carbons (Fsp3) is 0.385. The van der Waals surface area contributed by atoms with Gasteiger partial charge >= 0.3 is 5.97 Å². The number of carbonyl (C=O) groups excluding carboxylic acids is 1. The van der Waals surface area contributed by atoms with Gasteiger partial charge in [0.2, 0.25) is 5.88 Å². The molecule has 1 aromatic heterocycles. The van der Waals surface area contributed by atoms with Crippen LogP contribution in [0.15, 0.2) is 54.7 Å². The molecule has 2 aromatic carbocycles. The Hall–Kier alpha value is -3.40. The lowest BCUT2D eigenvalue weighted by molar-refractivity contribution is 0.000129. The van der Waals surface area contributed by atoms with Crippen molar-refractivity contribution in [2.24, 2.45) is 0 Å². The molecule has 0 radical (unpaired) electrons. The first-order chi connectivity index (χ1) is 17.1. The maximum absolute atomic E-state index is 12.5. The van der Waals surface area contributed by atoms with Crippen molar-refractivity contribution < 1.29 is 28.8 Å². The third kappa shape index (κ3) is 6.19. The fourth-order valence-corrected chi connectivity index (χ4v) is 3.88. The van der Waals surface area contributed by atoms with E-state index in [0.717, 1.165) is 36.4 Å². The van der Waals surface area contributed by atoms with E-state index in [4.69, 9.17) is 18.9 Å². The van der Waals surface area contributed by atoms with Crippen molar-refractivity contribution in [1.82, 2.24) is 14.7 Å². The molecule has 1 unspecified atom stereocenters. The first kappa shape index (κ1) is 24.7. The number of benzene rings is 2. The van der Waals surface area contributed by atoms with Gasteiger partial charge in [-0.05, 0) is 37.6 Å². The number of hydrogen-bond acceptors (Lipinski definition) is 8. The molecule has 35 heavy (non-hydrogen) atoms. The van der Waals surface area contributed by atoms with Gasteiger partial charge in [-0.3, -0.25) is 4.90 Å². The number of aromatic nitrogens is 2. The number of nitrogens with zero attached hydrogens (tertiary/aromatic N) is 3. The van der Waals surface area contributed by atoms with E-state index in [2.05, 4.69) is 10.00 Å². The van der Waals surface area contributed by atoms with Gasteiger partial charge in [-0.25, -0.2) is 9.48 Å². The summed E-state index contributed by atoms with van der Waals surface area (Å²) in [6.07, 6.45) is 0.555. The lowest BCUT2D eigenvalue weighted by atomic mass is 10.0. The molecular formula is C26H31N3O6. The normalized spacial score (nSPS) is 14.9. The summed E-state index contributed by atoms with van der Waals surface area (Å²) in [5, 5.41) is 14.1. The highest BCUT2D eigenvalue weighted by Gasteiger charge is 2.22. The molecule has 1 atom stereocenters. The number of ether oxygens (including phenoxy) is 4. The largest absolute Gasteiger partial charge is 0.476 e. The first-order valence-corrected chi connectivity index (χ1v) is 11.8. The van der Waals surface area contributed by atoms with Crippen LogP contribution in [0, 0.1) is 0 Å². The lowest BCUT2D eigenvalue weighted by Gasteiger charge is -2.26. The summed E-state index contributed by atoms with van der Waals surface area (Å²) in [6.45, 7) is 7.85. The van der Waals surface area contributed by atoms with E-state index >= 15 is 0 Å². The Morgan fingerprint density at radius 3 is 2.60 bits per heavy atom. The number of para-hydroxylation sites is 1. The fourth-order valence-electron chi connectivity index (χ4n) is 3.88. The van der Waals surface area contributed by atoms with E-state index < -0.39 is 12.3 Å². The highest BCUT2D eigenvalue weighted by molar-refractivity contribution is 5.92. The van der Waals surface area contributed by atoms with Crippen LogP contribution in [0.1, 0.15) is 24.2 Å². The Kier molecular flexibility index (Phi) is 8.36. The molecule has 0 spiro atoms. The quantitative estimate of drug-likeness (QED) is 0.349. The average molecular weight is 482 g/mol. The molecule has 0 amide bonds. The van der Waals surface area contributed by atoms with Gasteiger partial charge in [0.1, 0.15) is 17.9 Å². The monoisotopic (exact) mass is 481 g/mol. The number of aliphatic hydroxyl groups is 1. The van der Waals surface area contributed by atoms with Crippen LogP contribution in [0.5, 0.6) is 11.6 Å². The predicted molar refractivity (Wildman–Crippen MR) is 130 cm³/mol. The molecule has 2 heterocycles. The predicted octanol–water partition coefficient (Wildman–Crippen LogP) is 3.14.